The second-order valence-corrected chi connectivity index (χ2v) is 7.41. The molecule has 18 heavy (non-hydrogen) atoms. The molecule has 2 aliphatic carbocycles. The summed E-state index contributed by atoms with van der Waals surface area (Å²) >= 11 is 0. The van der Waals surface area contributed by atoms with E-state index in [1.54, 1.807) is 0 Å². The van der Waals surface area contributed by atoms with Gasteiger partial charge in [-0.05, 0) is 57.0 Å². The molecular formula is C16H30N2. The van der Waals surface area contributed by atoms with Crippen LogP contribution in [0.2, 0.25) is 0 Å². The van der Waals surface area contributed by atoms with Crippen LogP contribution in [0.1, 0.15) is 70.6 Å². The highest BCUT2D eigenvalue weighted by molar-refractivity contribution is 4.95. The van der Waals surface area contributed by atoms with Crippen molar-refractivity contribution in [2.45, 2.75) is 76.2 Å². The molecule has 104 valence electrons. The van der Waals surface area contributed by atoms with Gasteiger partial charge in [0.15, 0.2) is 0 Å². The van der Waals surface area contributed by atoms with Crippen LogP contribution in [0.25, 0.3) is 0 Å². The van der Waals surface area contributed by atoms with Crippen molar-refractivity contribution in [2.75, 3.05) is 19.6 Å². The third-order valence-electron chi connectivity index (χ3n) is 5.97. The van der Waals surface area contributed by atoms with Crippen LogP contribution in [0.15, 0.2) is 0 Å². The van der Waals surface area contributed by atoms with Crippen LogP contribution in [0.5, 0.6) is 0 Å². The predicted molar refractivity (Wildman–Crippen MR) is 76.6 cm³/mol. The van der Waals surface area contributed by atoms with E-state index in [2.05, 4.69) is 4.90 Å². The Morgan fingerprint density at radius 1 is 0.722 bits per heavy atom. The van der Waals surface area contributed by atoms with Crippen molar-refractivity contribution in [3.05, 3.63) is 0 Å². The Morgan fingerprint density at radius 3 is 1.89 bits per heavy atom. The minimum Gasteiger partial charge on any atom is -0.324 e. The average Bonchev–Trinajstić information content (AvgIpc) is 2.81. The lowest BCUT2D eigenvalue weighted by Gasteiger charge is -2.46. The van der Waals surface area contributed by atoms with Crippen molar-refractivity contribution in [3.8, 4) is 0 Å². The van der Waals surface area contributed by atoms with Gasteiger partial charge in [0, 0.05) is 12.1 Å². The second kappa shape index (κ2) is 5.13. The Bertz CT molecular complexity index is 265. The minimum atomic E-state index is 0.164. The van der Waals surface area contributed by atoms with E-state index in [0.29, 0.717) is 0 Å². The largest absolute Gasteiger partial charge is 0.324 e. The van der Waals surface area contributed by atoms with E-state index < -0.39 is 0 Å². The van der Waals surface area contributed by atoms with Gasteiger partial charge in [0.2, 0.25) is 0 Å². The standard InChI is InChI=1S/C16H30N2/c17-16(8-4-5-9-16)14-18-12-10-15(11-13-18)6-2-1-3-7-15/h1-14,17H2. The molecule has 3 aliphatic rings. The minimum absolute atomic E-state index is 0.164. The van der Waals surface area contributed by atoms with Gasteiger partial charge in [-0.1, -0.05) is 32.1 Å². The van der Waals surface area contributed by atoms with Crippen LogP contribution in [0.4, 0.5) is 0 Å². The third-order valence-corrected chi connectivity index (χ3v) is 5.97. The van der Waals surface area contributed by atoms with E-state index in [1.807, 2.05) is 0 Å². The fourth-order valence-corrected chi connectivity index (χ4v) is 4.67. The van der Waals surface area contributed by atoms with Crippen LogP contribution in [-0.2, 0) is 0 Å². The molecule has 0 aromatic carbocycles. The van der Waals surface area contributed by atoms with Gasteiger partial charge in [0.05, 0.1) is 0 Å². The molecule has 2 N–H and O–H groups in total. The normalized spacial score (nSPS) is 31.8. The van der Waals surface area contributed by atoms with Crippen LogP contribution in [-0.4, -0.2) is 30.1 Å². The number of nitrogens with zero attached hydrogens (tertiary/aromatic N) is 1. The van der Waals surface area contributed by atoms with Gasteiger partial charge in [-0.15, -0.1) is 0 Å². The molecule has 3 rings (SSSR count). The van der Waals surface area contributed by atoms with Crippen LogP contribution >= 0.6 is 0 Å². The molecule has 1 heterocycles. The summed E-state index contributed by atoms with van der Waals surface area (Å²) in [5.74, 6) is 0. The summed E-state index contributed by atoms with van der Waals surface area (Å²) in [6.45, 7) is 3.81. The molecule has 1 spiro atoms. The van der Waals surface area contributed by atoms with Crippen molar-refractivity contribution in [1.29, 1.82) is 0 Å². The summed E-state index contributed by atoms with van der Waals surface area (Å²) in [7, 11) is 0. The molecule has 2 nitrogen and oxygen atoms in total. The first kappa shape index (κ1) is 12.9. The van der Waals surface area contributed by atoms with E-state index in [1.165, 1.54) is 90.3 Å². The fourth-order valence-electron chi connectivity index (χ4n) is 4.67. The number of rotatable bonds is 2. The number of hydrogen-bond donors (Lipinski definition) is 1. The molecule has 1 saturated heterocycles. The summed E-state index contributed by atoms with van der Waals surface area (Å²) in [6, 6.07) is 0. The topological polar surface area (TPSA) is 29.3 Å². The van der Waals surface area contributed by atoms with Gasteiger partial charge in [0.1, 0.15) is 0 Å². The molecule has 0 aromatic heterocycles. The highest BCUT2D eigenvalue weighted by Crippen LogP contribution is 2.44. The summed E-state index contributed by atoms with van der Waals surface area (Å²) in [6.07, 6.45) is 15.6. The molecule has 0 amide bonds. The molecular weight excluding hydrogens is 220 g/mol. The Balaban J connectivity index is 1.50. The first-order valence-corrected chi connectivity index (χ1v) is 8.21. The average molecular weight is 250 g/mol. The monoisotopic (exact) mass is 250 g/mol. The Hall–Kier alpha value is -0.0800. The maximum absolute atomic E-state index is 6.52. The van der Waals surface area contributed by atoms with E-state index in [4.69, 9.17) is 5.73 Å². The summed E-state index contributed by atoms with van der Waals surface area (Å²) < 4.78 is 0. The molecule has 2 heteroatoms. The zero-order valence-corrected chi connectivity index (χ0v) is 11.9. The van der Waals surface area contributed by atoms with Gasteiger partial charge in [0.25, 0.3) is 0 Å². The Labute approximate surface area is 112 Å². The maximum atomic E-state index is 6.52. The van der Waals surface area contributed by atoms with Gasteiger partial charge >= 0.3 is 0 Å². The van der Waals surface area contributed by atoms with Crippen molar-refractivity contribution in [2.24, 2.45) is 11.1 Å². The van der Waals surface area contributed by atoms with Gasteiger partial charge in [-0.25, -0.2) is 0 Å². The first-order chi connectivity index (χ1) is 8.70. The second-order valence-electron chi connectivity index (χ2n) is 7.41. The SMILES string of the molecule is NC1(CN2CCC3(CCCCC3)CC2)CCCC1. The molecule has 0 bridgehead atoms. The molecule has 0 unspecified atom stereocenters. The van der Waals surface area contributed by atoms with Crippen molar-refractivity contribution < 1.29 is 0 Å². The number of nitrogens with two attached hydrogens (primary N) is 1. The van der Waals surface area contributed by atoms with Crippen LogP contribution < -0.4 is 5.73 Å². The summed E-state index contributed by atoms with van der Waals surface area (Å²) in [5.41, 5.74) is 7.42. The lowest BCUT2D eigenvalue weighted by Crippen LogP contribution is -2.51. The number of likely N-dealkylation sites (tertiary alicyclic amines) is 1. The lowest BCUT2D eigenvalue weighted by molar-refractivity contribution is 0.0564. The molecule has 0 radical (unpaired) electrons. The Morgan fingerprint density at radius 2 is 1.28 bits per heavy atom. The number of hydrogen-bond acceptors (Lipinski definition) is 2. The molecule has 1 aliphatic heterocycles. The third kappa shape index (κ3) is 2.75. The Kier molecular flexibility index (Phi) is 3.68. The zero-order valence-electron chi connectivity index (χ0n) is 11.9. The lowest BCUT2D eigenvalue weighted by atomic mass is 9.68. The molecule has 3 fully saturated rings. The van der Waals surface area contributed by atoms with E-state index in [0.717, 1.165) is 5.41 Å². The number of piperidine rings is 1. The summed E-state index contributed by atoms with van der Waals surface area (Å²) in [4.78, 5) is 2.67. The van der Waals surface area contributed by atoms with E-state index in [9.17, 15) is 0 Å². The van der Waals surface area contributed by atoms with Crippen molar-refractivity contribution >= 4 is 0 Å². The zero-order chi connectivity index (χ0) is 12.5. The molecule has 0 atom stereocenters. The van der Waals surface area contributed by atoms with Gasteiger partial charge in [-0.3, -0.25) is 0 Å². The van der Waals surface area contributed by atoms with Crippen LogP contribution in [0, 0.1) is 5.41 Å². The van der Waals surface area contributed by atoms with E-state index >= 15 is 0 Å². The molecule has 2 saturated carbocycles. The highest BCUT2D eigenvalue weighted by atomic mass is 15.2. The van der Waals surface area contributed by atoms with Crippen molar-refractivity contribution in [1.82, 2.24) is 4.90 Å². The smallest absolute Gasteiger partial charge is 0.0283 e. The quantitative estimate of drug-likeness (QED) is 0.815. The highest BCUT2D eigenvalue weighted by Gasteiger charge is 2.38. The molecule has 0 aromatic rings. The fraction of sp³-hybridized carbons (Fsp3) is 1.00. The van der Waals surface area contributed by atoms with E-state index in [-0.39, 0.29) is 5.54 Å². The summed E-state index contributed by atoms with van der Waals surface area (Å²) in [5, 5.41) is 0. The predicted octanol–water partition coefficient (Wildman–Crippen LogP) is 3.30. The van der Waals surface area contributed by atoms with Gasteiger partial charge in [-0.2, -0.15) is 0 Å². The first-order valence-electron chi connectivity index (χ1n) is 8.21. The maximum Gasteiger partial charge on any atom is 0.0283 e. The van der Waals surface area contributed by atoms with Crippen LogP contribution in [0.3, 0.4) is 0 Å². The van der Waals surface area contributed by atoms with Crippen molar-refractivity contribution in [3.63, 3.8) is 0 Å². The van der Waals surface area contributed by atoms with Gasteiger partial charge < -0.3 is 10.6 Å².